The Labute approximate surface area is 361 Å². The summed E-state index contributed by atoms with van der Waals surface area (Å²) < 4.78 is 31.5. The number of furan rings is 1. The van der Waals surface area contributed by atoms with Gasteiger partial charge in [-0.3, -0.25) is 0 Å². The van der Waals surface area contributed by atoms with Crippen molar-refractivity contribution in [1.82, 2.24) is 4.57 Å². The number of para-hydroxylation sites is 2. The van der Waals surface area contributed by atoms with Gasteiger partial charge in [0.2, 0.25) is 11.2 Å². The number of hydrogen-bond donors (Lipinski definition) is 0. The Morgan fingerprint density at radius 3 is 2.19 bits per heavy atom. The van der Waals surface area contributed by atoms with Gasteiger partial charge in [-0.2, -0.15) is 9.13 Å². The van der Waals surface area contributed by atoms with Gasteiger partial charge in [-0.05, 0) is 64.7 Å². The average molecular weight is 822 g/mol. The number of hydrogen-bond acceptors (Lipinski definition) is 1. The molecule has 0 N–H and O–H groups in total. The Morgan fingerprint density at radius 2 is 1.39 bits per heavy atom. The normalized spacial score (nSPS) is 15.7. The molecule has 12 rings (SSSR count). The lowest BCUT2D eigenvalue weighted by Crippen LogP contribution is -2.55. The van der Waals surface area contributed by atoms with E-state index in [1.165, 1.54) is 22.0 Å². The molecule has 2 atom stereocenters. The fourth-order valence-electron chi connectivity index (χ4n) is 10.4. The van der Waals surface area contributed by atoms with Gasteiger partial charge < -0.3 is 4.42 Å². The molecule has 4 nitrogen and oxygen atoms in total. The molecular formula is C56H44FN3OSi+2. The van der Waals surface area contributed by atoms with Crippen molar-refractivity contribution in [2.75, 3.05) is 0 Å². The molecule has 0 radical (unpaired) electrons. The van der Waals surface area contributed by atoms with Crippen LogP contribution in [0, 0.1) is 5.82 Å². The molecule has 3 aromatic heterocycles. The van der Waals surface area contributed by atoms with E-state index in [4.69, 9.17) is 11.0 Å². The van der Waals surface area contributed by atoms with Gasteiger partial charge in [0.1, 0.15) is 23.4 Å². The van der Waals surface area contributed by atoms with Gasteiger partial charge >= 0.3 is 0 Å². The van der Waals surface area contributed by atoms with Crippen LogP contribution < -0.4 is 14.3 Å². The van der Waals surface area contributed by atoms with Crippen LogP contribution in [0.25, 0.3) is 89.1 Å². The minimum absolute atomic E-state index is 0.0390. The number of aromatic nitrogens is 3. The molecule has 62 heavy (non-hydrogen) atoms. The molecular weight excluding hydrogens is 778 g/mol. The van der Waals surface area contributed by atoms with Crippen LogP contribution in [0.3, 0.4) is 0 Å². The lowest BCUT2D eigenvalue weighted by molar-refractivity contribution is -0.723. The van der Waals surface area contributed by atoms with Crippen molar-refractivity contribution in [3.63, 3.8) is 0 Å². The van der Waals surface area contributed by atoms with Crippen LogP contribution in [0.2, 0.25) is 19.6 Å². The lowest BCUT2D eigenvalue weighted by atomic mass is 9.76. The zero-order valence-electron chi connectivity index (χ0n) is 34.9. The fraction of sp³-hybridized carbons (Fsp3) is 0.107. The van der Waals surface area contributed by atoms with Crippen molar-refractivity contribution in [3.05, 3.63) is 200 Å². The minimum atomic E-state index is -1.73. The molecule has 0 saturated heterocycles. The van der Waals surface area contributed by atoms with Crippen LogP contribution in [0.4, 0.5) is 4.39 Å². The first-order valence-electron chi connectivity index (χ1n) is 21.5. The summed E-state index contributed by atoms with van der Waals surface area (Å²) in [5.41, 5.74) is 14.5. The summed E-state index contributed by atoms with van der Waals surface area (Å²) >= 11 is 0. The molecule has 0 aliphatic carbocycles. The van der Waals surface area contributed by atoms with Crippen LogP contribution in [0.1, 0.15) is 23.1 Å². The lowest BCUT2D eigenvalue weighted by Gasteiger charge is -2.33. The molecule has 6 heteroatoms. The number of nitrogens with zero attached hydrogens (tertiary/aromatic N) is 3. The molecule has 2 aliphatic heterocycles. The van der Waals surface area contributed by atoms with E-state index in [2.05, 4.69) is 173 Å². The Balaban J connectivity index is 1.26. The second-order valence-corrected chi connectivity index (χ2v) is 23.0. The van der Waals surface area contributed by atoms with Gasteiger partial charge in [-0.1, -0.05) is 148 Å². The van der Waals surface area contributed by atoms with Crippen LogP contribution in [-0.2, 0) is 6.54 Å². The van der Waals surface area contributed by atoms with Crippen LogP contribution >= 0.6 is 0 Å². The summed E-state index contributed by atoms with van der Waals surface area (Å²) in [5, 5.41) is 3.44. The highest BCUT2D eigenvalue weighted by Gasteiger charge is 2.49. The molecule has 2 unspecified atom stereocenters. The summed E-state index contributed by atoms with van der Waals surface area (Å²) in [6.45, 7) is 12.9. The first-order chi connectivity index (χ1) is 30.2. The van der Waals surface area contributed by atoms with Crippen molar-refractivity contribution in [2.45, 2.75) is 38.1 Å². The Kier molecular flexibility index (Phi) is 8.09. The third-order valence-electron chi connectivity index (χ3n) is 13.4. The highest BCUT2D eigenvalue weighted by Crippen LogP contribution is 2.50. The zero-order chi connectivity index (χ0) is 41.9. The number of pyridine rings is 1. The minimum Gasteiger partial charge on any atom is -0.455 e. The third-order valence-corrected chi connectivity index (χ3v) is 15.4. The fourth-order valence-corrected chi connectivity index (χ4v) is 11.5. The number of benzene rings is 7. The summed E-state index contributed by atoms with van der Waals surface area (Å²) in [6, 6.07) is 59.1. The predicted octanol–water partition coefficient (Wildman–Crippen LogP) is 12.8. The van der Waals surface area contributed by atoms with E-state index >= 15 is 4.39 Å². The highest BCUT2D eigenvalue weighted by atomic mass is 28.3. The van der Waals surface area contributed by atoms with Crippen molar-refractivity contribution in [3.8, 4) is 50.6 Å². The van der Waals surface area contributed by atoms with E-state index in [9.17, 15) is 0 Å². The van der Waals surface area contributed by atoms with Gasteiger partial charge in [0.25, 0.3) is 5.82 Å². The molecule has 0 saturated carbocycles. The predicted molar refractivity (Wildman–Crippen MR) is 253 cm³/mol. The van der Waals surface area contributed by atoms with Crippen molar-refractivity contribution < 1.29 is 17.9 Å². The van der Waals surface area contributed by atoms with E-state index in [1.807, 2.05) is 30.3 Å². The van der Waals surface area contributed by atoms with Gasteiger partial charge in [0, 0.05) is 38.7 Å². The molecule has 0 amide bonds. The topological polar surface area (TPSA) is 25.8 Å². The number of rotatable bonds is 4. The van der Waals surface area contributed by atoms with Crippen molar-refractivity contribution >= 4 is 51.8 Å². The summed E-state index contributed by atoms with van der Waals surface area (Å²) in [6.07, 6.45) is 2.41. The average Bonchev–Trinajstić information content (AvgIpc) is 3.84. The monoisotopic (exact) mass is 821 g/mol. The van der Waals surface area contributed by atoms with Crippen molar-refractivity contribution in [2.24, 2.45) is 0 Å². The number of imidazole rings is 1. The maximum absolute atomic E-state index is 17.4. The van der Waals surface area contributed by atoms with Gasteiger partial charge in [0.05, 0.1) is 19.6 Å². The summed E-state index contributed by atoms with van der Waals surface area (Å²) in [4.78, 5) is 0. The van der Waals surface area contributed by atoms with Gasteiger partial charge in [0.15, 0.2) is 29.2 Å². The molecule has 5 heterocycles. The van der Waals surface area contributed by atoms with Gasteiger partial charge in [-0.15, -0.1) is 0 Å². The summed E-state index contributed by atoms with van der Waals surface area (Å²) in [5.74, 6) is 0.530. The van der Waals surface area contributed by atoms with Crippen LogP contribution in [0.15, 0.2) is 187 Å². The van der Waals surface area contributed by atoms with Gasteiger partial charge in [-0.25, -0.2) is 8.96 Å². The molecule has 298 valence electrons. The van der Waals surface area contributed by atoms with Crippen LogP contribution in [-0.4, -0.2) is 12.6 Å². The highest BCUT2D eigenvalue weighted by molar-refractivity contribution is 6.88. The first kappa shape index (κ1) is 36.7. The smallest absolute Gasteiger partial charge is 0.299 e. The quantitative estimate of drug-likeness (QED) is 0.128. The first-order valence-corrected chi connectivity index (χ1v) is 25.0. The Hall–Kier alpha value is -7.15. The largest absolute Gasteiger partial charge is 0.455 e. The molecule has 0 fully saturated rings. The standard InChI is InChI=1S/C56H44FN3OSi/c1-35-40-29-30-45-44-22-13-14-25-51(44)61-55(45)52(40)56-59(34-46-42-20-11-12-21-43(42)48-31-27-39(62(2,3)4)33-58(48)53(35)46)49-24-15-23-47(57)54(49)60(56)50-32-38(36-16-7-5-8-17-36)26-28-41(50)37-18-9-6-10-19-37/h5-33,46,53H,1,34H2,2-4H3/q+2. The Bertz CT molecular complexity index is 3470. The summed E-state index contributed by atoms with van der Waals surface area (Å²) in [7, 11) is -1.73. The van der Waals surface area contributed by atoms with E-state index in [0.717, 1.165) is 77.9 Å². The number of fused-ring (bicyclic) bond motifs is 15. The Morgan fingerprint density at radius 1 is 0.661 bits per heavy atom. The molecule has 2 aliphatic rings. The zero-order valence-corrected chi connectivity index (χ0v) is 35.9. The maximum Gasteiger partial charge on any atom is 0.299 e. The molecule has 10 aromatic rings. The third kappa shape index (κ3) is 5.42. The van der Waals surface area contributed by atoms with E-state index in [1.54, 1.807) is 6.07 Å². The molecule has 7 aromatic carbocycles. The number of allylic oxidation sites excluding steroid dienone is 1. The number of halogens is 1. The van der Waals surface area contributed by atoms with E-state index in [0.29, 0.717) is 12.1 Å². The second kappa shape index (κ2) is 13.7. The van der Waals surface area contributed by atoms with Crippen molar-refractivity contribution in [1.29, 1.82) is 0 Å². The SMILES string of the molecule is C=C1c2ccc3c(oc4ccccc43)c2-c2n(-c3cc(-c4ccccc4)ccc3-c3ccccc3)c3c(F)cccc3[n+]2CC2c3ccccc3-c3ccc([Si](C)(C)C)c[n+]3C12. The second-order valence-electron chi connectivity index (χ2n) is 17.9. The maximum atomic E-state index is 17.4. The molecule has 0 spiro atoms. The van der Waals surface area contributed by atoms with Crippen LogP contribution in [0.5, 0.6) is 0 Å². The molecule has 0 bridgehead atoms. The van der Waals surface area contributed by atoms with E-state index < -0.39 is 8.07 Å². The van der Waals surface area contributed by atoms with E-state index in [-0.39, 0.29) is 17.8 Å².